The fourth-order valence-corrected chi connectivity index (χ4v) is 3.43. The Hall–Kier alpha value is -3.19. The molecule has 4 rings (SSSR count). The molecular weight excluding hydrogens is 360 g/mol. The lowest BCUT2D eigenvalue weighted by Gasteiger charge is -2.05. The van der Waals surface area contributed by atoms with Gasteiger partial charge in [0.1, 0.15) is 5.75 Å². The summed E-state index contributed by atoms with van der Waals surface area (Å²) in [6.07, 6.45) is 0. The van der Waals surface area contributed by atoms with E-state index in [1.165, 1.54) is 16.9 Å². The average Bonchev–Trinajstić information content (AvgIpc) is 3.22. The van der Waals surface area contributed by atoms with Crippen LogP contribution in [0, 0.1) is 13.8 Å². The van der Waals surface area contributed by atoms with Crippen molar-refractivity contribution in [2.24, 2.45) is 0 Å². The van der Waals surface area contributed by atoms with Gasteiger partial charge in [-0.15, -0.1) is 16.4 Å². The van der Waals surface area contributed by atoms with Crippen LogP contribution in [0.5, 0.6) is 5.75 Å². The standard InChI is InChI=1S/C20H18N4O2S/c1-13-3-7-15(8-4-13)17-12-27-20-22-19(23-24(17)20)21-18(25)11-26-16-9-5-14(2)6-10-16/h3-10,12H,11H2,1-2H3,(H,21,23,25). The molecule has 0 unspecified atom stereocenters. The van der Waals surface area contributed by atoms with Gasteiger partial charge in [0, 0.05) is 10.9 Å². The summed E-state index contributed by atoms with van der Waals surface area (Å²) in [5.41, 5.74) is 4.33. The van der Waals surface area contributed by atoms with Crippen LogP contribution in [-0.2, 0) is 4.79 Å². The minimum Gasteiger partial charge on any atom is -0.484 e. The molecule has 0 fully saturated rings. The van der Waals surface area contributed by atoms with E-state index in [2.05, 4.69) is 34.5 Å². The van der Waals surface area contributed by atoms with E-state index in [-0.39, 0.29) is 18.5 Å². The first-order valence-electron chi connectivity index (χ1n) is 8.49. The summed E-state index contributed by atoms with van der Waals surface area (Å²) >= 11 is 1.48. The smallest absolute Gasteiger partial charge is 0.264 e. The second-order valence-electron chi connectivity index (χ2n) is 6.27. The van der Waals surface area contributed by atoms with Crippen molar-refractivity contribution < 1.29 is 9.53 Å². The van der Waals surface area contributed by atoms with Crippen molar-refractivity contribution in [1.82, 2.24) is 14.6 Å². The first-order valence-corrected chi connectivity index (χ1v) is 9.37. The maximum absolute atomic E-state index is 12.1. The van der Waals surface area contributed by atoms with Crippen molar-refractivity contribution in [2.75, 3.05) is 11.9 Å². The maximum Gasteiger partial charge on any atom is 0.264 e. The number of nitrogens with zero attached hydrogens (tertiary/aromatic N) is 3. The quantitative estimate of drug-likeness (QED) is 0.568. The first kappa shape index (κ1) is 17.2. The zero-order valence-electron chi connectivity index (χ0n) is 15.0. The molecule has 2 aromatic heterocycles. The van der Waals surface area contributed by atoms with Crippen molar-refractivity contribution in [2.45, 2.75) is 13.8 Å². The van der Waals surface area contributed by atoms with E-state index in [1.807, 2.05) is 48.7 Å². The van der Waals surface area contributed by atoms with E-state index in [9.17, 15) is 4.79 Å². The Labute approximate surface area is 160 Å². The Morgan fingerprint density at radius 1 is 1.07 bits per heavy atom. The molecule has 6 nitrogen and oxygen atoms in total. The topological polar surface area (TPSA) is 68.5 Å². The van der Waals surface area contributed by atoms with Crippen molar-refractivity contribution in [1.29, 1.82) is 0 Å². The number of hydrogen-bond acceptors (Lipinski definition) is 5. The summed E-state index contributed by atoms with van der Waals surface area (Å²) in [5, 5.41) is 9.10. The molecule has 0 saturated heterocycles. The Morgan fingerprint density at radius 2 is 1.74 bits per heavy atom. The van der Waals surface area contributed by atoms with Crippen molar-refractivity contribution >= 4 is 28.2 Å². The van der Waals surface area contributed by atoms with Crippen molar-refractivity contribution in [3.63, 3.8) is 0 Å². The molecule has 0 saturated carbocycles. The van der Waals surface area contributed by atoms with E-state index in [0.717, 1.165) is 21.8 Å². The summed E-state index contributed by atoms with van der Waals surface area (Å²) in [6, 6.07) is 15.7. The van der Waals surface area contributed by atoms with Gasteiger partial charge in [-0.05, 0) is 26.0 Å². The predicted molar refractivity (Wildman–Crippen MR) is 106 cm³/mol. The second-order valence-corrected chi connectivity index (χ2v) is 7.10. The van der Waals surface area contributed by atoms with Crippen molar-refractivity contribution in [3.8, 4) is 17.0 Å². The molecule has 2 aromatic carbocycles. The summed E-state index contributed by atoms with van der Waals surface area (Å²) in [6.45, 7) is 3.95. The van der Waals surface area contributed by atoms with E-state index in [1.54, 1.807) is 4.52 Å². The Kier molecular flexibility index (Phi) is 4.60. The summed E-state index contributed by atoms with van der Waals surface area (Å²) in [4.78, 5) is 17.2. The third-order valence-electron chi connectivity index (χ3n) is 4.07. The average molecular weight is 378 g/mol. The number of aromatic nitrogens is 3. The highest BCUT2D eigenvalue weighted by Crippen LogP contribution is 2.26. The number of carbonyl (C=O) groups is 1. The molecule has 1 amide bonds. The van der Waals surface area contributed by atoms with Gasteiger partial charge in [-0.1, -0.05) is 47.5 Å². The van der Waals surface area contributed by atoms with Crippen LogP contribution in [0.2, 0.25) is 0 Å². The molecule has 27 heavy (non-hydrogen) atoms. The van der Waals surface area contributed by atoms with E-state index < -0.39 is 0 Å². The van der Waals surface area contributed by atoms with E-state index in [0.29, 0.717) is 5.75 Å². The first-order chi connectivity index (χ1) is 13.1. The molecule has 0 aliphatic heterocycles. The van der Waals surface area contributed by atoms with Crippen LogP contribution in [-0.4, -0.2) is 27.1 Å². The van der Waals surface area contributed by atoms with Gasteiger partial charge in [0.05, 0.1) is 5.69 Å². The lowest BCUT2D eigenvalue weighted by molar-refractivity contribution is -0.118. The summed E-state index contributed by atoms with van der Waals surface area (Å²) in [7, 11) is 0. The molecule has 0 atom stereocenters. The van der Waals surface area contributed by atoms with Crippen LogP contribution in [0.15, 0.2) is 53.9 Å². The minimum atomic E-state index is -0.300. The molecule has 7 heteroatoms. The number of anilines is 1. The number of ether oxygens (including phenoxy) is 1. The normalized spacial score (nSPS) is 10.9. The fraction of sp³-hybridized carbons (Fsp3) is 0.150. The lowest BCUT2D eigenvalue weighted by Crippen LogP contribution is -2.20. The van der Waals surface area contributed by atoms with Gasteiger partial charge in [0.2, 0.25) is 4.96 Å². The molecule has 2 heterocycles. The fourth-order valence-electron chi connectivity index (χ4n) is 2.60. The maximum atomic E-state index is 12.1. The van der Waals surface area contributed by atoms with Gasteiger partial charge in [0.25, 0.3) is 11.9 Å². The Bertz CT molecular complexity index is 1080. The van der Waals surface area contributed by atoms with Gasteiger partial charge >= 0.3 is 0 Å². The van der Waals surface area contributed by atoms with Crippen LogP contribution in [0.4, 0.5) is 5.95 Å². The molecule has 0 aliphatic carbocycles. The molecule has 136 valence electrons. The van der Waals surface area contributed by atoms with Gasteiger partial charge < -0.3 is 4.74 Å². The highest BCUT2D eigenvalue weighted by Gasteiger charge is 2.13. The zero-order valence-corrected chi connectivity index (χ0v) is 15.8. The highest BCUT2D eigenvalue weighted by molar-refractivity contribution is 7.15. The number of aryl methyl sites for hydroxylation is 2. The zero-order chi connectivity index (χ0) is 18.8. The van der Waals surface area contributed by atoms with Crippen LogP contribution in [0.3, 0.4) is 0 Å². The SMILES string of the molecule is Cc1ccc(OCC(=O)Nc2nc3scc(-c4ccc(C)cc4)n3n2)cc1. The number of fused-ring (bicyclic) bond motifs is 1. The van der Waals surface area contributed by atoms with Gasteiger partial charge in [-0.2, -0.15) is 4.98 Å². The number of benzene rings is 2. The second kappa shape index (κ2) is 7.20. The molecule has 1 N–H and O–H groups in total. The number of hydrogen-bond donors (Lipinski definition) is 1. The Morgan fingerprint density at radius 3 is 2.44 bits per heavy atom. The number of rotatable bonds is 5. The van der Waals surface area contributed by atoms with Crippen molar-refractivity contribution in [3.05, 3.63) is 65.0 Å². The Balaban J connectivity index is 1.45. The highest BCUT2D eigenvalue weighted by atomic mass is 32.1. The minimum absolute atomic E-state index is 0.0965. The number of amides is 1. The van der Waals surface area contributed by atoms with E-state index >= 15 is 0 Å². The summed E-state index contributed by atoms with van der Waals surface area (Å²) in [5.74, 6) is 0.620. The molecule has 0 spiro atoms. The molecule has 0 radical (unpaired) electrons. The van der Waals surface area contributed by atoms with Crippen LogP contribution in [0.1, 0.15) is 11.1 Å². The third kappa shape index (κ3) is 3.83. The largest absolute Gasteiger partial charge is 0.484 e. The third-order valence-corrected chi connectivity index (χ3v) is 4.89. The van der Waals surface area contributed by atoms with Gasteiger partial charge in [0.15, 0.2) is 6.61 Å². The molecule has 4 aromatic rings. The van der Waals surface area contributed by atoms with E-state index in [4.69, 9.17) is 4.74 Å². The molecule has 0 bridgehead atoms. The van der Waals surface area contributed by atoms with Gasteiger partial charge in [-0.25, -0.2) is 4.52 Å². The monoisotopic (exact) mass is 378 g/mol. The number of thiazole rings is 1. The molecular formula is C20H18N4O2S. The van der Waals surface area contributed by atoms with Crippen LogP contribution < -0.4 is 10.1 Å². The number of nitrogens with one attached hydrogen (secondary N) is 1. The lowest BCUT2D eigenvalue weighted by atomic mass is 10.1. The van der Waals surface area contributed by atoms with Crippen LogP contribution in [0.25, 0.3) is 16.2 Å². The molecule has 0 aliphatic rings. The van der Waals surface area contributed by atoms with Gasteiger partial charge in [-0.3, -0.25) is 10.1 Å². The number of carbonyl (C=O) groups excluding carboxylic acids is 1. The predicted octanol–water partition coefficient (Wildman–Crippen LogP) is 4.09. The van der Waals surface area contributed by atoms with Crippen LogP contribution >= 0.6 is 11.3 Å². The summed E-state index contributed by atoms with van der Waals surface area (Å²) < 4.78 is 7.22.